The normalized spacial score (nSPS) is 10.2. The van der Waals surface area contributed by atoms with E-state index in [1.807, 2.05) is 24.3 Å². The fourth-order valence-corrected chi connectivity index (χ4v) is 1.94. The highest BCUT2D eigenvalue weighted by atomic mass is 16.1. The molecule has 0 bridgehead atoms. The van der Waals surface area contributed by atoms with Gasteiger partial charge in [0.2, 0.25) is 0 Å². The van der Waals surface area contributed by atoms with Gasteiger partial charge in [-0.3, -0.25) is 9.78 Å². The van der Waals surface area contributed by atoms with Crippen molar-refractivity contribution in [3.63, 3.8) is 0 Å². The van der Waals surface area contributed by atoms with E-state index in [1.165, 1.54) is 5.56 Å². The zero-order valence-electron chi connectivity index (χ0n) is 11.4. The number of nitrogens with one attached hydrogen (secondary N) is 1. The first-order valence-corrected chi connectivity index (χ1v) is 6.75. The van der Waals surface area contributed by atoms with Crippen LogP contribution < -0.4 is 11.1 Å². The van der Waals surface area contributed by atoms with Crippen LogP contribution in [0.4, 0.5) is 0 Å². The van der Waals surface area contributed by atoms with Crippen molar-refractivity contribution in [1.29, 1.82) is 0 Å². The second kappa shape index (κ2) is 7.40. The molecule has 0 aliphatic carbocycles. The summed E-state index contributed by atoms with van der Waals surface area (Å²) in [4.78, 5) is 15.9. The van der Waals surface area contributed by atoms with Crippen LogP contribution >= 0.6 is 0 Å². The van der Waals surface area contributed by atoms with Crippen LogP contribution in [0.5, 0.6) is 0 Å². The lowest BCUT2D eigenvalue weighted by Gasteiger charge is -2.06. The zero-order chi connectivity index (χ0) is 14.2. The van der Waals surface area contributed by atoms with Gasteiger partial charge in [0.15, 0.2) is 0 Å². The molecule has 4 nitrogen and oxygen atoms in total. The summed E-state index contributed by atoms with van der Waals surface area (Å²) in [6.45, 7) is 1.16. The zero-order valence-corrected chi connectivity index (χ0v) is 11.4. The van der Waals surface area contributed by atoms with Crippen molar-refractivity contribution in [1.82, 2.24) is 10.3 Å². The van der Waals surface area contributed by atoms with Gasteiger partial charge >= 0.3 is 0 Å². The van der Waals surface area contributed by atoms with E-state index in [-0.39, 0.29) is 5.91 Å². The first-order valence-electron chi connectivity index (χ1n) is 6.75. The molecule has 0 saturated heterocycles. The molecule has 0 radical (unpaired) electrons. The molecule has 0 fully saturated rings. The highest BCUT2D eigenvalue weighted by molar-refractivity contribution is 5.94. The van der Waals surface area contributed by atoms with Gasteiger partial charge in [0, 0.05) is 31.0 Å². The van der Waals surface area contributed by atoms with Crippen LogP contribution in [-0.2, 0) is 13.0 Å². The number of hydrogen-bond acceptors (Lipinski definition) is 3. The van der Waals surface area contributed by atoms with E-state index < -0.39 is 0 Å². The Morgan fingerprint density at radius 2 is 1.75 bits per heavy atom. The number of benzene rings is 1. The van der Waals surface area contributed by atoms with Crippen molar-refractivity contribution in [2.45, 2.75) is 19.4 Å². The van der Waals surface area contributed by atoms with Gasteiger partial charge in [-0.15, -0.1) is 0 Å². The van der Waals surface area contributed by atoms with Crippen molar-refractivity contribution >= 4 is 5.91 Å². The lowest BCUT2D eigenvalue weighted by molar-refractivity contribution is 0.0953. The molecular formula is C16H19N3O. The van der Waals surface area contributed by atoms with Crippen molar-refractivity contribution in [3.8, 4) is 0 Å². The standard InChI is InChI=1S/C16H19N3O/c17-12-14-3-5-15(6-4-14)16(20)19-9-1-2-13-7-10-18-11-8-13/h3-8,10-11H,1-2,9,12,17H2,(H,19,20). The number of amides is 1. The highest BCUT2D eigenvalue weighted by Crippen LogP contribution is 2.04. The van der Waals surface area contributed by atoms with Crippen molar-refractivity contribution in [3.05, 3.63) is 65.5 Å². The summed E-state index contributed by atoms with van der Waals surface area (Å²) < 4.78 is 0. The van der Waals surface area contributed by atoms with Crippen LogP contribution in [0.3, 0.4) is 0 Å². The average molecular weight is 269 g/mol. The Balaban J connectivity index is 1.74. The van der Waals surface area contributed by atoms with Gasteiger partial charge in [-0.25, -0.2) is 0 Å². The van der Waals surface area contributed by atoms with E-state index in [0.29, 0.717) is 18.7 Å². The number of carbonyl (C=O) groups excluding carboxylic acids is 1. The summed E-state index contributed by atoms with van der Waals surface area (Å²) in [7, 11) is 0. The summed E-state index contributed by atoms with van der Waals surface area (Å²) in [6.07, 6.45) is 5.42. The Hall–Kier alpha value is -2.20. The third-order valence-electron chi connectivity index (χ3n) is 3.13. The molecule has 0 spiro atoms. The summed E-state index contributed by atoms with van der Waals surface area (Å²) in [5.41, 5.74) is 8.46. The third-order valence-corrected chi connectivity index (χ3v) is 3.13. The van der Waals surface area contributed by atoms with E-state index in [0.717, 1.165) is 18.4 Å². The molecule has 0 saturated carbocycles. The molecule has 4 heteroatoms. The Kier molecular flexibility index (Phi) is 5.26. The average Bonchev–Trinajstić information content (AvgIpc) is 2.52. The van der Waals surface area contributed by atoms with Gasteiger partial charge in [0.1, 0.15) is 0 Å². The Morgan fingerprint density at radius 1 is 1.05 bits per heavy atom. The number of nitrogens with zero attached hydrogens (tertiary/aromatic N) is 1. The van der Waals surface area contributed by atoms with Gasteiger partial charge in [0.25, 0.3) is 5.91 Å². The maximum absolute atomic E-state index is 11.9. The van der Waals surface area contributed by atoms with Gasteiger partial charge in [-0.1, -0.05) is 12.1 Å². The van der Waals surface area contributed by atoms with E-state index in [1.54, 1.807) is 24.5 Å². The predicted molar refractivity (Wildman–Crippen MR) is 79.2 cm³/mol. The minimum atomic E-state index is -0.0386. The second-order valence-corrected chi connectivity index (χ2v) is 4.62. The van der Waals surface area contributed by atoms with Gasteiger partial charge in [0.05, 0.1) is 0 Å². The second-order valence-electron chi connectivity index (χ2n) is 4.62. The van der Waals surface area contributed by atoms with E-state index in [4.69, 9.17) is 5.73 Å². The summed E-state index contributed by atoms with van der Waals surface area (Å²) in [5, 5.41) is 2.92. The molecule has 1 amide bonds. The van der Waals surface area contributed by atoms with E-state index in [2.05, 4.69) is 10.3 Å². The van der Waals surface area contributed by atoms with Crippen LogP contribution in [0, 0.1) is 0 Å². The highest BCUT2D eigenvalue weighted by Gasteiger charge is 2.04. The molecule has 2 aromatic rings. The molecule has 1 heterocycles. The monoisotopic (exact) mass is 269 g/mol. The van der Waals surface area contributed by atoms with Crippen molar-refractivity contribution in [2.24, 2.45) is 5.73 Å². The predicted octanol–water partition coefficient (Wildman–Crippen LogP) is 1.90. The number of pyridine rings is 1. The molecule has 1 aromatic heterocycles. The Labute approximate surface area is 119 Å². The molecule has 1 aromatic carbocycles. The molecule has 0 aliphatic rings. The smallest absolute Gasteiger partial charge is 0.251 e. The molecule has 20 heavy (non-hydrogen) atoms. The Morgan fingerprint density at radius 3 is 2.40 bits per heavy atom. The fourth-order valence-electron chi connectivity index (χ4n) is 1.94. The summed E-state index contributed by atoms with van der Waals surface area (Å²) in [6, 6.07) is 11.4. The van der Waals surface area contributed by atoms with Crippen LogP contribution in [-0.4, -0.2) is 17.4 Å². The van der Waals surface area contributed by atoms with Crippen LogP contribution in [0.1, 0.15) is 27.9 Å². The molecule has 0 unspecified atom stereocenters. The van der Waals surface area contributed by atoms with E-state index in [9.17, 15) is 4.79 Å². The van der Waals surface area contributed by atoms with E-state index >= 15 is 0 Å². The summed E-state index contributed by atoms with van der Waals surface area (Å²) in [5.74, 6) is -0.0386. The fraction of sp³-hybridized carbons (Fsp3) is 0.250. The molecule has 0 atom stereocenters. The first-order chi connectivity index (χ1) is 9.79. The quantitative estimate of drug-likeness (QED) is 0.787. The minimum Gasteiger partial charge on any atom is -0.352 e. The lowest BCUT2D eigenvalue weighted by Crippen LogP contribution is -2.24. The van der Waals surface area contributed by atoms with Gasteiger partial charge in [-0.05, 0) is 48.2 Å². The van der Waals surface area contributed by atoms with Crippen molar-refractivity contribution < 1.29 is 4.79 Å². The number of nitrogens with two attached hydrogens (primary N) is 1. The van der Waals surface area contributed by atoms with Gasteiger partial charge < -0.3 is 11.1 Å². The van der Waals surface area contributed by atoms with Gasteiger partial charge in [-0.2, -0.15) is 0 Å². The molecular weight excluding hydrogens is 250 g/mol. The van der Waals surface area contributed by atoms with Crippen LogP contribution in [0.15, 0.2) is 48.8 Å². The summed E-state index contributed by atoms with van der Waals surface area (Å²) >= 11 is 0. The molecule has 3 N–H and O–H groups in total. The number of aromatic nitrogens is 1. The minimum absolute atomic E-state index is 0.0386. The topological polar surface area (TPSA) is 68.0 Å². The maximum atomic E-state index is 11.9. The largest absolute Gasteiger partial charge is 0.352 e. The van der Waals surface area contributed by atoms with Crippen LogP contribution in [0.2, 0.25) is 0 Å². The number of aryl methyl sites for hydroxylation is 1. The third kappa shape index (κ3) is 4.17. The number of rotatable bonds is 6. The molecule has 2 rings (SSSR count). The number of hydrogen-bond donors (Lipinski definition) is 2. The first kappa shape index (κ1) is 14.2. The van der Waals surface area contributed by atoms with Crippen molar-refractivity contribution in [2.75, 3.05) is 6.54 Å². The number of carbonyl (C=O) groups is 1. The lowest BCUT2D eigenvalue weighted by atomic mass is 10.1. The maximum Gasteiger partial charge on any atom is 0.251 e. The molecule has 104 valence electrons. The van der Waals surface area contributed by atoms with Crippen LogP contribution in [0.25, 0.3) is 0 Å². The molecule has 0 aliphatic heterocycles. The SMILES string of the molecule is NCc1ccc(C(=O)NCCCc2ccncc2)cc1. The Bertz CT molecular complexity index is 537.